The van der Waals surface area contributed by atoms with Crippen LogP contribution in [0.2, 0.25) is 0 Å². The molecule has 1 aromatic carbocycles. The molecule has 0 aromatic heterocycles. The molecule has 0 heterocycles. The number of hydrogen-bond donors (Lipinski definition) is 1. The second kappa shape index (κ2) is 7.39. The summed E-state index contributed by atoms with van der Waals surface area (Å²) >= 11 is 0. The quantitative estimate of drug-likeness (QED) is 0.614. The minimum atomic E-state index is -0.243. The van der Waals surface area contributed by atoms with Crippen molar-refractivity contribution in [2.24, 2.45) is 0 Å². The second-order valence-electron chi connectivity index (χ2n) is 3.55. The summed E-state index contributed by atoms with van der Waals surface area (Å²) in [5, 5.41) is 2.75. The van der Waals surface area contributed by atoms with E-state index in [1.807, 2.05) is 13.0 Å². The van der Waals surface area contributed by atoms with E-state index in [0.29, 0.717) is 13.0 Å². The lowest BCUT2D eigenvalue weighted by molar-refractivity contribution is -0.116. The second-order valence-corrected chi connectivity index (χ2v) is 3.55. The number of halogens is 1. The lowest BCUT2D eigenvalue weighted by Crippen LogP contribution is -2.23. The lowest BCUT2D eigenvalue weighted by Gasteiger charge is -2.02. The first-order valence-corrected chi connectivity index (χ1v) is 5.54. The van der Waals surface area contributed by atoms with E-state index >= 15 is 0 Å². The van der Waals surface area contributed by atoms with Gasteiger partial charge in [0.2, 0.25) is 5.91 Å². The Kier molecular flexibility index (Phi) is 5.72. The van der Waals surface area contributed by atoms with Gasteiger partial charge in [-0.2, -0.15) is 0 Å². The number of rotatable bonds is 5. The molecule has 1 N–H and O–H groups in total. The van der Waals surface area contributed by atoms with E-state index < -0.39 is 0 Å². The summed E-state index contributed by atoms with van der Waals surface area (Å²) in [6.07, 6.45) is 7.50. The highest BCUT2D eigenvalue weighted by atomic mass is 19.1. The number of amides is 1. The summed E-state index contributed by atoms with van der Waals surface area (Å²) in [6, 6.07) is 6.28. The lowest BCUT2D eigenvalue weighted by atomic mass is 10.1. The van der Waals surface area contributed by atoms with Crippen molar-refractivity contribution in [1.82, 2.24) is 5.32 Å². The van der Waals surface area contributed by atoms with Crippen molar-refractivity contribution in [3.63, 3.8) is 0 Å². The van der Waals surface area contributed by atoms with Gasteiger partial charge in [-0.25, -0.2) is 4.39 Å². The highest BCUT2D eigenvalue weighted by Crippen LogP contribution is 2.02. The minimum absolute atomic E-state index is 0.120. The van der Waals surface area contributed by atoms with Crippen molar-refractivity contribution < 1.29 is 9.18 Å². The van der Waals surface area contributed by atoms with E-state index in [0.717, 1.165) is 5.56 Å². The fourth-order valence-corrected chi connectivity index (χ4v) is 1.29. The Morgan fingerprint density at radius 2 is 2.00 bits per heavy atom. The van der Waals surface area contributed by atoms with Gasteiger partial charge < -0.3 is 5.32 Å². The highest BCUT2D eigenvalue weighted by molar-refractivity contribution is 5.87. The Morgan fingerprint density at radius 1 is 1.29 bits per heavy atom. The monoisotopic (exact) mass is 233 g/mol. The van der Waals surface area contributed by atoms with E-state index in [9.17, 15) is 9.18 Å². The van der Waals surface area contributed by atoms with Gasteiger partial charge in [0.25, 0.3) is 0 Å². The number of allylic oxidation sites excluding steroid dienone is 3. The van der Waals surface area contributed by atoms with Crippen LogP contribution in [-0.4, -0.2) is 12.5 Å². The van der Waals surface area contributed by atoms with Crippen LogP contribution < -0.4 is 5.32 Å². The summed E-state index contributed by atoms with van der Waals surface area (Å²) < 4.78 is 12.6. The molecule has 17 heavy (non-hydrogen) atoms. The summed E-state index contributed by atoms with van der Waals surface area (Å²) in [4.78, 5) is 11.3. The first kappa shape index (κ1) is 13.2. The zero-order valence-electron chi connectivity index (χ0n) is 9.82. The van der Waals surface area contributed by atoms with Gasteiger partial charge in [0.15, 0.2) is 0 Å². The molecule has 1 aromatic rings. The van der Waals surface area contributed by atoms with Crippen LogP contribution in [0.15, 0.2) is 48.6 Å². The van der Waals surface area contributed by atoms with E-state index in [-0.39, 0.29) is 11.7 Å². The number of carbonyl (C=O) groups excluding carboxylic acids is 1. The average molecular weight is 233 g/mol. The van der Waals surface area contributed by atoms with Crippen molar-refractivity contribution in [2.75, 3.05) is 6.54 Å². The zero-order chi connectivity index (χ0) is 12.5. The molecular formula is C14H16FNO. The molecule has 0 radical (unpaired) electrons. The maximum atomic E-state index is 12.6. The topological polar surface area (TPSA) is 29.1 Å². The van der Waals surface area contributed by atoms with Crippen LogP contribution in [0.25, 0.3) is 0 Å². The average Bonchev–Trinajstić information content (AvgIpc) is 2.32. The van der Waals surface area contributed by atoms with Gasteiger partial charge in [0, 0.05) is 12.6 Å². The molecule has 0 spiro atoms. The van der Waals surface area contributed by atoms with E-state index in [2.05, 4.69) is 5.32 Å². The van der Waals surface area contributed by atoms with E-state index in [4.69, 9.17) is 0 Å². The Bertz CT molecular complexity index is 407. The molecule has 0 saturated carbocycles. The first-order valence-electron chi connectivity index (χ1n) is 5.54. The minimum Gasteiger partial charge on any atom is -0.352 e. The number of hydrogen-bond acceptors (Lipinski definition) is 1. The van der Waals surface area contributed by atoms with Gasteiger partial charge in [0.05, 0.1) is 0 Å². The largest absolute Gasteiger partial charge is 0.352 e. The van der Waals surface area contributed by atoms with Crippen LogP contribution in [0.5, 0.6) is 0 Å². The van der Waals surface area contributed by atoms with Crippen LogP contribution in [0, 0.1) is 5.82 Å². The third-order valence-electron chi connectivity index (χ3n) is 2.18. The smallest absolute Gasteiger partial charge is 0.243 e. The van der Waals surface area contributed by atoms with Crippen molar-refractivity contribution >= 4 is 5.91 Å². The summed E-state index contributed by atoms with van der Waals surface area (Å²) in [5.41, 5.74) is 1.00. The highest BCUT2D eigenvalue weighted by Gasteiger charge is 1.96. The SMILES string of the molecule is CC=CC=CC(=O)NCCc1ccc(F)cc1. The predicted octanol–water partition coefficient (Wildman–Crippen LogP) is 2.62. The number of benzene rings is 1. The maximum absolute atomic E-state index is 12.6. The molecule has 90 valence electrons. The van der Waals surface area contributed by atoms with Crippen molar-refractivity contribution in [3.8, 4) is 0 Å². The third-order valence-corrected chi connectivity index (χ3v) is 2.18. The van der Waals surface area contributed by atoms with Gasteiger partial charge in [-0.3, -0.25) is 4.79 Å². The fraction of sp³-hybridized carbons (Fsp3) is 0.214. The molecule has 0 aliphatic carbocycles. The maximum Gasteiger partial charge on any atom is 0.243 e. The first-order chi connectivity index (χ1) is 8.22. The summed E-state index contributed by atoms with van der Waals surface area (Å²) in [6.45, 7) is 2.43. The predicted molar refractivity (Wildman–Crippen MR) is 67.1 cm³/mol. The van der Waals surface area contributed by atoms with Crippen molar-refractivity contribution in [1.29, 1.82) is 0 Å². The van der Waals surface area contributed by atoms with Crippen molar-refractivity contribution in [2.45, 2.75) is 13.3 Å². The zero-order valence-corrected chi connectivity index (χ0v) is 9.82. The van der Waals surface area contributed by atoms with E-state index in [1.165, 1.54) is 18.2 Å². The molecule has 0 aliphatic heterocycles. The Morgan fingerprint density at radius 3 is 2.65 bits per heavy atom. The van der Waals surface area contributed by atoms with Crippen LogP contribution in [-0.2, 0) is 11.2 Å². The van der Waals surface area contributed by atoms with E-state index in [1.54, 1.807) is 24.3 Å². The number of carbonyl (C=O) groups is 1. The van der Waals surface area contributed by atoms with Crippen LogP contribution >= 0.6 is 0 Å². The molecule has 2 nitrogen and oxygen atoms in total. The van der Waals surface area contributed by atoms with Gasteiger partial charge in [-0.05, 0) is 31.0 Å². The van der Waals surface area contributed by atoms with Gasteiger partial charge in [-0.15, -0.1) is 0 Å². The normalized spacial score (nSPS) is 11.2. The van der Waals surface area contributed by atoms with Gasteiger partial charge in [0.1, 0.15) is 5.82 Å². The molecule has 0 bridgehead atoms. The molecule has 0 aliphatic rings. The molecule has 0 saturated heterocycles. The number of nitrogens with one attached hydrogen (secondary N) is 1. The van der Waals surface area contributed by atoms with Crippen LogP contribution in [0.1, 0.15) is 12.5 Å². The fourth-order valence-electron chi connectivity index (χ4n) is 1.29. The van der Waals surface area contributed by atoms with Gasteiger partial charge in [-0.1, -0.05) is 30.4 Å². The molecule has 0 unspecified atom stereocenters. The molecular weight excluding hydrogens is 217 g/mol. The van der Waals surface area contributed by atoms with Crippen LogP contribution in [0.3, 0.4) is 0 Å². The molecule has 0 atom stereocenters. The standard InChI is InChI=1S/C14H16FNO/c1-2-3-4-5-14(17)16-11-10-12-6-8-13(15)9-7-12/h2-9H,10-11H2,1H3,(H,16,17). The molecule has 1 amide bonds. The van der Waals surface area contributed by atoms with Crippen molar-refractivity contribution in [3.05, 3.63) is 60.0 Å². The molecule has 3 heteroatoms. The molecule has 0 fully saturated rings. The van der Waals surface area contributed by atoms with Gasteiger partial charge >= 0.3 is 0 Å². The Hall–Kier alpha value is -1.90. The van der Waals surface area contributed by atoms with Crippen LogP contribution in [0.4, 0.5) is 4.39 Å². The summed E-state index contributed by atoms with van der Waals surface area (Å²) in [5.74, 6) is -0.364. The Balaban J connectivity index is 2.28. The Labute approximate surface area is 101 Å². The third kappa shape index (κ3) is 5.66. The summed E-state index contributed by atoms with van der Waals surface area (Å²) in [7, 11) is 0. The molecule has 1 rings (SSSR count).